The van der Waals surface area contributed by atoms with Crippen molar-refractivity contribution in [3.8, 4) is 0 Å². The fourth-order valence-corrected chi connectivity index (χ4v) is 3.33. The molecule has 0 saturated carbocycles. The average molecular weight is 525 g/mol. The highest BCUT2D eigenvalue weighted by Gasteiger charge is 2.19. The van der Waals surface area contributed by atoms with E-state index < -0.39 is 0 Å². The van der Waals surface area contributed by atoms with E-state index in [-0.39, 0.29) is 35.7 Å². The van der Waals surface area contributed by atoms with Crippen LogP contribution in [0.2, 0.25) is 0 Å². The molecule has 1 aliphatic heterocycles. The van der Waals surface area contributed by atoms with Crippen molar-refractivity contribution >= 4 is 41.5 Å². The van der Waals surface area contributed by atoms with Gasteiger partial charge in [0.25, 0.3) is 5.91 Å². The molecule has 1 saturated heterocycles. The predicted molar refractivity (Wildman–Crippen MR) is 130 cm³/mol. The number of anilines is 1. The van der Waals surface area contributed by atoms with Crippen molar-refractivity contribution < 1.29 is 9.18 Å². The molecular weight excluding hydrogens is 496 g/mol. The van der Waals surface area contributed by atoms with Crippen LogP contribution in [0.5, 0.6) is 0 Å². The van der Waals surface area contributed by atoms with Crippen LogP contribution in [0.4, 0.5) is 10.1 Å². The molecule has 2 aromatic carbocycles. The fraction of sp³-hybridized carbons (Fsp3) is 0.364. The summed E-state index contributed by atoms with van der Waals surface area (Å²) in [6.07, 6.45) is 0. The molecule has 8 heteroatoms. The van der Waals surface area contributed by atoms with Gasteiger partial charge in [0.05, 0.1) is 0 Å². The number of rotatable bonds is 5. The van der Waals surface area contributed by atoms with Gasteiger partial charge in [-0.15, -0.1) is 24.0 Å². The second-order valence-electron chi connectivity index (χ2n) is 7.00. The van der Waals surface area contributed by atoms with Crippen LogP contribution in [0.15, 0.2) is 53.5 Å². The number of aryl methyl sites for hydroxylation is 1. The van der Waals surface area contributed by atoms with E-state index in [9.17, 15) is 9.18 Å². The third kappa shape index (κ3) is 6.32. The molecule has 2 aromatic rings. The predicted octanol–water partition coefficient (Wildman–Crippen LogP) is 2.88. The number of carbonyl (C=O) groups excluding carboxylic acids is 1. The van der Waals surface area contributed by atoms with E-state index in [1.165, 1.54) is 11.8 Å². The lowest BCUT2D eigenvalue weighted by atomic mass is 10.1. The van der Waals surface area contributed by atoms with Crippen molar-refractivity contribution in [2.24, 2.45) is 4.99 Å². The van der Waals surface area contributed by atoms with Gasteiger partial charge in [0.15, 0.2) is 5.96 Å². The molecule has 1 amide bonds. The van der Waals surface area contributed by atoms with E-state index in [2.05, 4.69) is 49.7 Å². The van der Waals surface area contributed by atoms with E-state index in [1.54, 1.807) is 26.1 Å². The van der Waals surface area contributed by atoms with E-state index in [0.29, 0.717) is 24.2 Å². The Morgan fingerprint density at radius 1 is 1.03 bits per heavy atom. The summed E-state index contributed by atoms with van der Waals surface area (Å²) in [5, 5.41) is 6.10. The number of aliphatic imine (C=N–C) groups is 1. The van der Waals surface area contributed by atoms with Crippen LogP contribution in [0.3, 0.4) is 0 Å². The lowest BCUT2D eigenvalue weighted by Gasteiger charge is -2.37. The van der Waals surface area contributed by atoms with Crippen molar-refractivity contribution in [1.29, 1.82) is 0 Å². The number of amides is 1. The van der Waals surface area contributed by atoms with Gasteiger partial charge >= 0.3 is 0 Å². The highest BCUT2D eigenvalue weighted by Crippen LogP contribution is 2.15. The standard InChI is InChI=1S/C22H28FN5O.HI/c1-17-8-9-18(16-20(17)23)21(29)25-10-11-26-22(24-2)28-14-12-27(13-15-28)19-6-4-3-5-7-19;/h3-9,16H,10-15H2,1-2H3,(H,24,26)(H,25,29);1H. The largest absolute Gasteiger partial charge is 0.368 e. The Balaban J connectivity index is 0.00000320. The third-order valence-electron chi connectivity index (χ3n) is 5.04. The number of hydrogen-bond acceptors (Lipinski definition) is 3. The Bertz CT molecular complexity index is 854. The molecule has 1 aliphatic rings. The third-order valence-corrected chi connectivity index (χ3v) is 5.04. The maximum atomic E-state index is 13.6. The van der Waals surface area contributed by atoms with Crippen molar-refractivity contribution in [3.05, 3.63) is 65.5 Å². The van der Waals surface area contributed by atoms with Gasteiger partial charge in [0.1, 0.15) is 5.82 Å². The van der Waals surface area contributed by atoms with Gasteiger partial charge in [-0.05, 0) is 36.8 Å². The van der Waals surface area contributed by atoms with Crippen LogP contribution in [0.25, 0.3) is 0 Å². The van der Waals surface area contributed by atoms with Gasteiger partial charge in [-0.1, -0.05) is 24.3 Å². The molecule has 30 heavy (non-hydrogen) atoms. The molecule has 6 nitrogen and oxygen atoms in total. The van der Waals surface area contributed by atoms with Crippen molar-refractivity contribution in [2.45, 2.75) is 6.92 Å². The van der Waals surface area contributed by atoms with Gasteiger partial charge < -0.3 is 20.4 Å². The Labute approximate surface area is 194 Å². The summed E-state index contributed by atoms with van der Waals surface area (Å²) in [5.41, 5.74) is 2.10. The molecule has 162 valence electrons. The second-order valence-corrected chi connectivity index (χ2v) is 7.00. The molecule has 2 N–H and O–H groups in total. The molecule has 0 spiro atoms. The molecule has 0 radical (unpaired) electrons. The molecule has 1 fully saturated rings. The summed E-state index contributed by atoms with van der Waals surface area (Å²) in [6, 6.07) is 14.9. The average Bonchev–Trinajstić information content (AvgIpc) is 2.76. The molecule has 3 rings (SSSR count). The summed E-state index contributed by atoms with van der Waals surface area (Å²) in [4.78, 5) is 21.1. The zero-order valence-corrected chi connectivity index (χ0v) is 19.7. The number of hydrogen-bond donors (Lipinski definition) is 2. The maximum absolute atomic E-state index is 13.6. The molecule has 1 heterocycles. The molecule has 0 aromatic heterocycles. The zero-order chi connectivity index (χ0) is 20.6. The van der Waals surface area contributed by atoms with Crippen LogP contribution in [0.1, 0.15) is 15.9 Å². The number of halogens is 2. The zero-order valence-electron chi connectivity index (χ0n) is 17.4. The molecule has 0 atom stereocenters. The van der Waals surface area contributed by atoms with Gasteiger partial charge in [0.2, 0.25) is 0 Å². The van der Waals surface area contributed by atoms with Crippen molar-refractivity contribution in [3.63, 3.8) is 0 Å². The number of nitrogens with one attached hydrogen (secondary N) is 2. The lowest BCUT2D eigenvalue weighted by Crippen LogP contribution is -2.53. The summed E-state index contributed by atoms with van der Waals surface area (Å²) in [5.74, 6) is 0.177. The normalized spacial score (nSPS) is 14.2. The fourth-order valence-electron chi connectivity index (χ4n) is 3.33. The van der Waals surface area contributed by atoms with Crippen LogP contribution < -0.4 is 15.5 Å². The Hall–Kier alpha value is -2.36. The van der Waals surface area contributed by atoms with E-state index >= 15 is 0 Å². The van der Waals surface area contributed by atoms with Crippen molar-refractivity contribution in [1.82, 2.24) is 15.5 Å². The minimum atomic E-state index is -0.370. The first-order valence-corrected chi connectivity index (χ1v) is 9.88. The first-order chi connectivity index (χ1) is 14.1. The summed E-state index contributed by atoms with van der Waals surface area (Å²) in [7, 11) is 1.76. The molecular formula is C22H29FIN5O. The van der Waals surface area contributed by atoms with Gasteiger partial charge in [0, 0.05) is 57.6 Å². The van der Waals surface area contributed by atoms with Crippen molar-refractivity contribution in [2.75, 3.05) is 51.2 Å². The highest BCUT2D eigenvalue weighted by atomic mass is 127. The van der Waals surface area contributed by atoms with Gasteiger partial charge in [-0.3, -0.25) is 9.79 Å². The monoisotopic (exact) mass is 525 g/mol. The van der Waals surface area contributed by atoms with Crippen LogP contribution in [-0.2, 0) is 0 Å². The number of piperazine rings is 1. The number of carbonyl (C=O) groups is 1. The smallest absolute Gasteiger partial charge is 0.251 e. The highest BCUT2D eigenvalue weighted by molar-refractivity contribution is 14.0. The van der Waals surface area contributed by atoms with Crippen LogP contribution >= 0.6 is 24.0 Å². The van der Waals surface area contributed by atoms with E-state index in [4.69, 9.17) is 0 Å². The number of guanidine groups is 1. The van der Waals surface area contributed by atoms with E-state index in [1.807, 2.05) is 6.07 Å². The lowest BCUT2D eigenvalue weighted by molar-refractivity contribution is 0.0954. The summed E-state index contributed by atoms with van der Waals surface area (Å²) >= 11 is 0. The second kappa shape index (κ2) is 11.7. The van der Waals surface area contributed by atoms with Gasteiger partial charge in [-0.25, -0.2) is 4.39 Å². The van der Waals surface area contributed by atoms with Gasteiger partial charge in [-0.2, -0.15) is 0 Å². The minimum Gasteiger partial charge on any atom is -0.368 e. The maximum Gasteiger partial charge on any atom is 0.251 e. The van der Waals surface area contributed by atoms with Crippen LogP contribution in [-0.4, -0.2) is 63.1 Å². The summed E-state index contributed by atoms with van der Waals surface area (Å²) < 4.78 is 13.6. The number of para-hydroxylation sites is 1. The first-order valence-electron chi connectivity index (χ1n) is 9.88. The van der Waals surface area contributed by atoms with E-state index in [0.717, 1.165) is 32.1 Å². The molecule has 0 aliphatic carbocycles. The Morgan fingerprint density at radius 3 is 2.33 bits per heavy atom. The quantitative estimate of drug-likeness (QED) is 0.273. The number of benzene rings is 2. The Kier molecular flexibility index (Phi) is 9.35. The summed E-state index contributed by atoms with van der Waals surface area (Å²) in [6.45, 7) is 6.27. The first kappa shape index (κ1) is 23.9. The number of nitrogens with zero attached hydrogens (tertiary/aromatic N) is 3. The minimum absolute atomic E-state index is 0. The molecule has 0 unspecified atom stereocenters. The van der Waals surface area contributed by atoms with Crippen LogP contribution in [0, 0.1) is 12.7 Å². The Morgan fingerprint density at radius 2 is 1.70 bits per heavy atom. The topological polar surface area (TPSA) is 60.0 Å². The SMILES string of the molecule is CN=C(NCCNC(=O)c1ccc(C)c(F)c1)N1CCN(c2ccccc2)CC1.I. The molecule has 0 bridgehead atoms.